The predicted octanol–water partition coefficient (Wildman–Crippen LogP) is 4.82. The maximum absolute atomic E-state index is 13.5. The molecule has 0 saturated carbocycles. The highest BCUT2D eigenvalue weighted by Gasteiger charge is 2.49. The Balaban J connectivity index is 1.77. The molecule has 2 aliphatic heterocycles. The van der Waals surface area contributed by atoms with Gasteiger partial charge in [-0.1, -0.05) is 26.8 Å². The summed E-state index contributed by atoms with van der Waals surface area (Å²) in [4.78, 5) is 46.6. The number of piperidine rings is 1. The molecule has 0 aliphatic carbocycles. The molecule has 1 unspecified atom stereocenters. The maximum Gasteiger partial charge on any atom is 0.409 e. The molecule has 2 amide bonds. The molecule has 2 saturated heterocycles. The molecule has 1 atom stereocenters. The molecule has 39 heavy (non-hydrogen) atoms. The van der Waals surface area contributed by atoms with E-state index in [9.17, 15) is 19.5 Å². The Labute approximate surface area is 229 Å². The highest BCUT2D eigenvalue weighted by atomic mass is 16.6. The van der Waals surface area contributed by atoms with Crippen LogP contribution in [0.3, 0.4) is 0 Å². The lowest BCUT2D eigenvalue weighted by molar-refractivity contribution is -0.142. The number of Topliss-reactive ketones (excluding diaryl/α,β-unsaturated/α-hetero) is 1. The van der Waals surface area contributed by atoms with E-state index >= 15 is 0 Å². The first-order valence-corrected chi connectivity index (χ1v) is 13.5. The van der Waals surface area contributed by atoms with E-state index in [1.165, 1.54) is 0 Å². The number of carbonyl (C=O) groups excluding carboxylic acids is 3. The van der Waals surface area contributed by atoms with Gasteiger partial charge in [-0.2, -0.15) is 0 Å². The van der Waals surface area contributed by atoms with Crippen molar-refractivity contribution >= 4 is 23.5 Å². The van der Waals surface area contributed by atoms with Crippen LogP contribution in [0.15, 0.2) is 48.3 Å². The molecule has 9 heteroatoms. The lowest BCUT2D eigenvalue weighted by Gasteiger charge is -2.38. The van der Waals surface area contributed by atoms with E-state index in [-0.39, 0.29) is 35.5 Å². The van der Waals surface area contributed by atoms with Crippen LogP contribution in [0.1, 0.15) is 70.2 Å². The van der Waals surface area contributed by atoms with Gasteiger partial charge in [0.2, 0.25) is 0 Å². The van der Waals surface area contributed by atoms with Gasteiger partial charge in [-0.15, -0.1) is 0 Å². The van der Waals surface area contributed by atoms with Crippen molar-refractivity contribution in [3.63, 3.8) is 0 Å². The highest BCUT2D eigenvalue weighted by molar-refractivity contribution is 6.46. The lowest BCUT2D eigenvalue weighted by Crippen LogP contribution is -2.48. The zero-order valence-corrected chi connectivity index (χ0v) is 23.3. The smallest absolute Gasteiger partial charge is 0.409 e. The second-order valence-corrected chi connectivity index (χ2v) is 10.8. The Morgan fingerprint density at radius 1 is 1.10 bits per heavy atom. The summed E-state index contributed by atoms with van der Waals surface area (Å²) >= 11 is 0. The van der Waals surface area contributed by atoms with Gasteiger partial charge < -0.3 is 24.4 Å². The van der Waals surface area contributed by atoms with Crippen LogP contribution in [0, 0.1) is 0 Å². The Hall–Kier alpha value is -3.88. The van der Waals surface area contributed by atoms with E-state index in [4.69, 9.17) is 9.47 Å². The summed E-state index contributed by atoms with van der Waals surface area (Å²) in [5.41, 5.74) is 1.69. The molecule has 208 valence electrons. The Morgan fingerprint density at radius 2 is 1.82 bits per heavy atom. The topological polar surface area (TPSA) is 109 Å². The third kappa shape index (κ3) is 5.62. The summed E-state index contributed by atoms with van der Waals surface area (Å²) in [5, 5.41) is 11.6. The minimum atomic E-state index is -0.803. The van der Waals surface area contributed by atoms with Crippen LogP contribution in [0.4, 0.5) is 4.79 Å². The number of aliphatic hydroxyl groups excluding tert-OH is 1. The van der Waals surface area contributed by atoms with E-state index < -0.39 is 17.7 Å². The van der Waals surface area contributed by atoms with Crippen LogP contribution in [0.5, 0.6) is 5.75 Å². The molecule has 0 bridgehead atoms. The number of ketones is 1. The maximum atomic E-state index is 13.5. The fourth-order valence-electron chi connectivity index (χ4n) is 5.33. The first-order valence-electron chi connectivity index (χ1n) is 13.5. The number of pyridine rings is 1. The van der Waals surface area contributed by atoms with Gasteiger partial charge in [-0.3, -0.25) is 14.6 Å². The van der Waals surface area contributed by atoms with Crippen molar-refractivity contribution in [1.29, 1.82) is 0 Å². The van der Waals surface area contributed by atoms with Crippen molar-refractivity contribution in [3.8, 4) is 5.75 Å². The first kappa shape index (κ1) is 28.1. The molecule has 0 radical (unpaired) electrons. The number of nitrogens with zero attached hydrogens (tertiary/aromatic N) is 3. The fourth-order valence-corrected chi connectivity index (χ4v) is 5.33. The number of aromatic nitrogens is 1. The van der Waals surface area contributed by atoms with Crippen molar-refractivity contribution in [2.24, 2.45) is 0 Å². The second kappa shape index (κ2) is 11.5. The Bertz CT molecular complexity index is 1260. The average Bonchev–Trinajstić information content (AvgIpc) is 3.19. The summed E-state index contributed by atoms with van der Waals surface area (Å²) in [6, 6.07) is 7.77. The fraction of sp³-hybridized carbons (Fsp3) is 0.467. The van der Waals surface area contributed by atoms with Gasteiger partial charge in [0.25, 0.3) is 11.7 Å². The van der Waals surface area contributed by atoms with Crippen LogP contribution in [0.25, 0.3) is 5.76 Å². The van der Waals surface area contributed by atoms with Crippen molar-refractivity contribution in [3.05, 3.63) is 65.0 Å². The standard InChI is InChI=1S/C30H37N3O6/c1-6-38-23-11-10-19(17-22(23)30(3,4)5)26(34)24-25(20-9-8-14-31-18-20)33(28(36)27(24)35)21-12-15-32(16-13-21)29(37)39-7-2/h8-11,14,17-18,21,25,34H,6-7,12-13,15-16H2,1-5H3/b26-24+. The molecule has 2 fully saturated rings. The normalized spacial score (nSPS) is 19.9. The summed E-state index contributed by atoms with van der Waals surface area (Å²) in [6.07, 6.45) is 3.82. The monoisotopic (exact) mass is 535 g/mol. The first-order chi connectivity index (χ1) is 18.6. The van der Waals surface area contributed by atoms with Crippen molar-refractivity contribution in [2.45, 2.75) is 65.0 Å². The van der Waals surface area contributed by atoms with Gasteiger partial charge in [-0.25, -0.2) is 4.79 Å². The molecular formula is C30H37N3O6. The summed E-state index contributed by atoms with van der Waals surface area (Å²) in [5.74, 6) is -0.927. The largest absolute Gasteiger partial charge is 0.507 e. The van der Waals surface area contributed by atoms with E-state index in [1.807, 2.05) is 33.8 Å². The second-order valence-electron chi connectivity index (χ2n) is 10.8. The molecule has 2 aliphatic rings. The number of carbonyl (C=O) groups is 3. The van der Waals surface area contributed by atoms with Crippen LogP contribution in [-0.4, -0.2) is 70.0 Å². The Morgan fingerprint density at radius 3 is 2.41 bits per heavy atom. The molecule has 1 aromatic heterocycles. The highest BCUT2D eigenvalue weighted by Crippen LogP contribution is 2.43. The number of hydrogen-bond acceptors (Lipinski definition) is 7. The van der Waals surface area contributed by atoms with Gasteiger partial charge in [-0.05, 0) is 61.9 Å². The van der Waals surface area contributed by atoms with Crippen LogP contribution in [-0.2, 0) is 19.7 Å². The zero-order chi connectivity index (χ0) is 28.3. The van der Waals surface area contributed by atoms with Crippen molar-refractivity contribution in [1.82, 2.24) is 14.8 Å². The molecule has 9 nitrogen and oxygen atoms in total. The molecule has 0 spiro atoms. The number of aliphatic hydroxyl groups is 1. The molecule has 1 aromatic carbocycles. The van der Waals surface area contributed by atoms with Gasteiger partial charge in [0.15, 0.2) is 0 Å². The predicted molar refractivity (Wildman–Crippen MR) is 146 cm³/mol. The Kier molecular flexibility index (Phi) is 8.28. The minimum absolute atomic E-state index is 0.0323. The number of benzene rings is 1. The third-order valence-corrected chi connectivity index (χ3v) is 7.22. The molecule has 2 aromatic rings. The average molecular weight is 536 g/mol. The zero-order valence-electron chi connectivity index (χ0n) is 23.3. The number of hydrogen-bond donors (Lipinski definition) is 1. The summed E-state index contributed by atoms with van der Waals surface area (Å²) < 4.78 is 10.9. The van der Waals surface area contributed by atoms with Crippen LogP contribution in [0.2, 0.25) is 0 Å². The molecule has 3 heterocycles. The lowest BCUT2D eigenvalue weighted by atomic mass is 9.84. The van der Waals surface area contributed by atoms with E-state index in [1.54, 1.807) is 53.4 Å². The number of ether oxygens (including phenoxy) is 2. The minimum Gasteiger partial charge on any atom is -0.507 e. The quantitative estimate of drug-likeness (QED) is 0.321. The van der Waals surface area contributed by atoms with Gasteiger partial charge in [0.1, 0.15) is 11.5 Å². The van der Waals surface area contributed by atoms with Gasteiger partial charge >= 0.3 is 6.09 Å². The third-order valence-electron chi connectivity index (χ3n) is 7.22. The van der Waals surface area contributed by atoms with E-state index in [2.05, 4.69) is 4.98 Å². The number of rotatable bonds is 6. The molecule has 4 rings (SSSR count). The molecule has 1 N–H and O–H groups in total. The molecular weight excluding hydrogens is 498 g/mol. The van der Waals surface area contributed by atoms with Crippen molar-refractivity contribution < 1.29 is 29.0 Å². The van der Waals surface area contributed by atoms with Gasteiger partial charge in [0.05, 0.1) is 24.8 Å². The SMILES string of the molecule is CCOC(=O)N1CCC(N2C(=O)C(=O)/C(=C(/O)c3ccc(OCC)c(C(C)(C)C)c3)C2c2cccnc2)CC1. The van der Waals surface area contributed by atoms with Crippen molar-refractivity contribution in [2.75, 3.05) is 26.3 Å². The van der Waals surface area contributed by atoms with Gasteiger partial charge in [0, 0.05) is 42.7 Å². The number of likely N-dealkylation sites (tertiary alicyclic amines) is 2. The number of amides is 2. The van der Waals surface area contributed by atoms with E-state index in [0.717, 1.165) is 5.56 Å². The summed E-state index contributed by atoms with van der Waals surface area (Å²) in [7, 11) is 0. The van der Waals surface area contributed by atoms with E-state index in [0.29, 0.717) is 49.4 Å². The van der Waals surface area contributed by atoms with Crippen LogP contribution >= 0.6 is 0 Å². The summed E-state index contributed by atoms with van der Waals surface area (Å²) in [6.45, 7) is 11.4. The van der Waals surface area contributed by atoms with Crippen LogP contribution < -0.4 is 4.74 Å².